The van der Waals surface area contributed by atoms with Gasteiger partial charge in [-0.25, -0.2) is 28.4 Å². The average Bonchev–Trinajstić information content (AvgIpc) is 2.78. The van der Waals surface area contributed by atoms with Crippen LogP contribution in [0.3, 0.4) is 0 Å². The molecule has 0 fully saturated rings. The molecule has 35 heteroatoms. The summed E-state index contributed by atoms with van der Waals surface area (Å²) in [6.07, 6.45) is -101. The SMILES string of the molecule is OCCNCC(F)(F)OC(F)(F)C(F)(F)OC(F)(F)C(F)(F)OC(F)(F)C(F)(F)OC(F)(F)C(F)(F)OC(F)(F)C(F)(F)OC(F)(F)C(F)(F)F. The Hall–Kier alpha value is -2.21. The van der Waals surface area contributed by atoms with Gasteiger partial charge < -0.3 is 10.4 Å². The number of rotatable bonds is 21. The monoisotopic (exact) mass is 839 g/mol. The van der Waals surface area contributed by atoms with Crippen molar-refractivity contribution in [2.75, 3.05) is 19.7 Å². The minimum absolute atomic E-state index is 0.956. The Morgan fingerprint density at radius 1 is 0.314 bits per heavy atom. The second-order valence-corrected chi connectivity index (χ2v) is 8.33. The lowest BCUT2D eigenvalue weighted by Crippen LogP contribution is -2.62. The number of halogens is 27. The molecule has 0 saturated heterocycles. The highest BCUT2D eigenvalue weighted by atomic mass is 19.4. The zero-order chi connectivity index (χ0) is 41.6. The molecule has 0 rings (SSSR count). The minimum atomic E-state index is -8.26. The van der Waals surface area contributed by atoms with Gasteiger partial charge in [-0.2, -0.15) is 119 Å². The van der Waals surface area contributed by atoms with Gasteiger partial charge in [-0.05, 0) is 0 Å². The number of aliphatic hydroxyl groups excluding tert-OH is 1. The Bertz CT molecular complexity index is 1160. The molecule has 0 amide bonds. The van der Waals surface area contributed by atoms with E-state index in [1.165, 1.54) is 14.8 Å². The third kappa shape index (κ3) is 11.4. The van der Waals surface area contributed by atoms with Crippen LogP contribution in [0.2, 0.25) is 0 Å². The molecule has 0 unspecified atom stereocenters. The van der Waals surface area contributed by atoms with Crippen molar-refractivity contribution >= 4 is 0 Å². The van der Waals surface area contributed by atoms with E-state index in [1.54, 1.807) is 0 Å². The van der Waals surface area contributed by atoms with Gasteiger partial charge >= 0.3 is 79.5 Å². The third-order valence-corrected chi connectivity index (χ3v) is 4.20. The van der Waals surface area contributed by atoms with E-state index in [0.29, 0.717) is 0 Å². The summed E-state index contributed by atoms with van der Waals surface area (Å²) in [6.45, 7) is -4.35. The standard InChI is InChI=1S/C16H8F27NO7/c17-4(18,3-44-1-2-45)46-7(24,25)8(26,27)48-11(32,33)12(34,35)50-15(40,41)16(42,43)51-14(38,39)13(36,37)49-10(30,31)9(28,29)47-6(22,23)5(19,20)21/h44-45H,1-3H2. The Kier molecular flexibility index (Phi) is 13.6. The lowest BCUT2D eigenvalue weighted by molar-refractivity contribution is -0.595. The fourth-order valence-electron chi connectivity index (χ4n) is 1.99. The molecule has 0 radical (unpaired) electrons. The molecule has 0 aromatic carbocycles. The van der Waals surface area contributed by atoms with Crippen LogP contribution in [0.25, 0.3) is 0 Å². The molecule has 0 aliphatic rings. The highest BCUT2D eigenvalue weighted by Crippen LogP contribution is 2.54. The van der Waals surface area contributed by atoms with Crippen LogP contribution in [0.5, 0.6) is 0 Å². The first-order valence-electron chi connectivity index (χ1n) is 10.9. The number of hydrogen-bond donors (Lipinski definition) is 2. The van der Waals surface area contributed by atoms with Crippen LogP contribution in [0, 0.1) is 0 Å². The third-order valence-electron chi connectivity index (χ3n) is 4.20. The topological polar surface area (TPSA) is 87.6 Å². The molecular weight excluding hydrogens is 831 g/mol. The Morgan fingerprint density at radius 2 is 0.510 bits per heavy atom. The van der Waals surface area contributed by atoms with E-state index in [9.17, 15) is 119 Å². The molecule has 0 aliphatic heterocycles. The normalized spacial score (nSPS) is 16.2. The molecule has 0 aromatic rings. The van der Waals surface area contributed by atoms with Crippen molar-refractivity contribution in [2.24, 2.45) is 0 Å². The number of ether oxygens (including phenoxy) is 6. The Morgan fingerprint density at radius 3 is 0.706 bits per heavy atom. The zero-order valence-electron chi connectivity index (χ0n) is 22.2. The molecule has 51 heavy (non-hydrogen) atoms. The first-order chi connectivity index (χ1) is 21.8. The van der Waals surface area contributed by atoms with Crippen LogP contribution in [-0.2, 0) is 28.4 Å². The molecule has 0 saturated carbocycles. The summed E-state index contributed by atoms with van der Waals surface area (Å²) in [5.41, 5.74) is 0. The van der Waals surface area contributed by atoms with E-state index >= 15 is 0 Å². The zero-order valence-corrected chi connectivity index (χ0v) is 22.2. The molecule has 0 aromatic heterocycles. The molecule has 0 heterocycles. The van der Waals surface area contributed by atoms with Gasteiger partial charge in [-0.15, -0.1) is 0 Å². The number of hydrogen-bond acceptors (Lipinski definition) is 8. The smallest absolute Gasteiger partial charge is 0.395 e. The Labute approximate surface area is 258 Å². The highest BCUT2D eigenvalue weighted by molar-refractivity contribution is 4.82. The number of nitrogens with one attached hydrogen (secondary N) is 1. The van der Waals surface area contributed by atoms with Crippen molar-refractivity contribution in [3.05, 3.63) is 0 Å². The predicted octanol–water partition coefficient (Wildman–Crippen LogP) is 7.34. The van der Waals surface area contributed by atoms with Crippen LogP contribution in [0.15, 0.2) is 0 Å². The van der Waals surface area contributed by atoms with Gasteiger partial charge in [-0.3, -0.25) is 0 Å². The van der Waals surface area contributed by atoms with Gasteiger partial charge in [0.25, 0.3) is 0 Å². The molecule has 0 spiro atoms. The molecule has 0 aliphatic carbocycles. The van der Waals surface area contributed by atoms with Crippen molar-refractivity contribution in [1.82, 2.24) is 5.32 Å². The van der Waals surface area contributed by atoms with Crippen LogP contribution in [0.4, 0.5) is 119 Å². The van der Waals surface area contributed by atoms with Gasteiger partial charge in [-0.1, -0.05) is 0 Å². The average molecular weight is 839 g/mol. The Balaban J connectivity index is 6.23. The maximum absolute atomic E-state index is 13.5. The second-order valence-electron chi connectivity index (χ2n) is 8.33. The molecule has 2 N–H and O–H groups in total. The molecule has 0 atom stereocenters. The summed E-state index contributed by atoms with van der Waals surface area (Å²) in [6, 6.07) is 0. The quantitative estimate of drug-likeness (QED) is 0.0919. The van der Waals surface area contributed by atoms with E-state index < -0.39 is 99.2 Å². The maximum atomic E-state index is 13.5. The van der Waals surface area contributed by atoms with Gasteiger partial charge in [0, 0.05) is 6.54 Å². The van der Waals surface area contributed by atoms with E-state index in [2.05, 4.69) is 4.74 Å². The van der Waals surface area contributed by atoms with E-state index in [1.807, 2.05) is 0 Å². The second kappa shape index (κ2) is 14.2. The van der Waals surface area contributed by atoms with Crippen LogP contribution >= 0.6 is 0 Å². The summed E-state index contributed by atoms with van der Waals surface area (Å²) in [4.78, 5) is 0. The number of alkyl halides is 27. The fourth-order valence-corrected chi connectivity index (χ4v) is 1.99. The first kappa shape index (κ1) is 48.8. The summed E-state index contributed by atoms with van der Waals surface area (Å²) < 4.78 is 362. The first-order valence-corrected chi connectivity index (χ1v) is 10.9. The molecule has 0 bridgehead atoms. The van der Waals surface area contributed by atoms with Gasteiger partial charge in [0.1, 0.15) is 0 Å². The van der Waals surface area contributed by atoms with Crippen LogP contribution in [-0.4, -0.2) is 104 Å². The summed E-state index contributed by atoms with van der Waals surface area (Å²) in [7, 11) is 0. The number of aliphatic hydroxyl groups is 1. The largest absolute Gasteiger partial charge is 0.483 e. The van der Waals surface area contributed by atoms with E-state index in [0.717, 1.165) is 14.2 Å². The van der Waals surface area contributed by atoms with Crippen molar-refractivity contribution in [2.45, 2.75) is 79.5 Å². The van der Waals surface area contributed by atoms with Gasteiger partial charge in [0.2, 0.25) is 0 Å². The van der Waals surface area contributed by atoms with Crippen molar-refractivity contribution in [3.8, 4) is 0 Å². The summed E-state index contributed by atoms with van der Waals surface area (Å²) >= 11 is 0. The highest BCUT2D eigenvalue weighted by Gasteiger charge is 2.80. The lowest BCUT2D eigenvalue weighted by Gasteiger charge is -2.37. The molecular formula is C16H8F27NO7. The van der Waals surface area contributed by atoms with Crippen molar-refractivity contribution in [3.63, 3.8) is 0 Å². The van der Waals surface area contributed by atoms with Crippen molar-refractivity contribution in [1.29, 1.82) is 0 Å². The van der Waals surface area contributed by atoms with Crippen molar-refractivity contribution < 1.29 is 152 Å². The summed E-state index contributed by atoms with van der Waals surface area (Å²) in [5.74, 6) is 0. The molecule has 8 nitrogen and oxygen atoms in total. The van der Waals surface area contributed by atoms with E-state index in [-0.39, 0.29) is 0 Å². The van der Waals surface area contributed by atoms with Crippen LogP contribution < -0.4 is 5.32 Å². The minimum Gasteiger partial charge on any atom is -0.395 e. The predicted molar refractivity (Wildman–Crippen MR) is 91.9 cm³/mol. The van der Waals surface area contributed by atoms with Gasteiger partial charge in [0.05, 0.1) is 13.2 Å². The summed E-state index contributed by atoms with van der Waals surface area (Å²) in [5, 5.41) is 9.55. The maximum Gasteiger partial charge on any atom is 0.483 e. The van der Waals surface area contributed by atoms with E-state index in [4.69, 9.17) is 5.11 Å². The lowest BCUT2D eigenvalue weighted by atomic mass is 10.4. The fraction of sp³-hybridized carbons (Fsp3) is 1.00. The molecule has 308 valence electrons. The van der Waals surface area contributed by atoms with Crippen LogP contribution in [0.1, 0.15) is 0 Å². The van der Waals surface area contributed by atoms with Gasteiger partial charge in [0.15, 0.2) is 0 Å².